The van der Waals surface area contributed by atoms with Gasteiger partial charge in [0.1, 0.15) is 5.75 Å². The van der Waals surface area contributed by atoms with Gasteiger partial charge >= 0.3 is 5.97 Å². The first-order valence-electron chi connectivity index (χ1n) is 7.31. The Kier molecular flexibility index (Phi) is 8.01. The number of benzene rings is 1. The number of methoxy groups -OCH3 is 1. The molecule has 0 aliphatic carbocycles. The third kappa shape index (κ3) is 6.70. The maximum absolute atomic E-state index is 12.1. The Balaban J connectivity index is 2.61. The average molecular weight is 315 g/mol. The lowest BCUT2D eigenvalue weighted by molar-refractivity contribution is -0.137. The van der Waals surface area contributed by atoms with Crippen molar-refractivity contribution in [3.63, 3.8) is 0 Å². The molecule has 0 radical (unpaired) electrons. The first-order chi connectivity index (χ1) is 11.1. The van der Waals surface area contributed by atoms with Crippen molar-refractivity contribution >= 4 is 18.0 Å². The molecule has 0 fully saturated rings. The summed E-state index contributed by atoms with van der Waals surface area (Å²) >= 11 is 0. The fourth-order valence-electron chi connectivity index (χ4n) is 2.02. The Morgan fingerprint density at radius 2 is 2.09 bits per heavy atom. The van der Waals surface area contributed by atoms with Crippen molar-refractivity contribution in [2.24, 2.45) is 0 Å². The van der Waals surface area contributed by atoms with Gasteiger partial charge in [0.15, 0.2) is 0 Å². The predicted molar refractivity (Wildman–Crippen MR) is 88.9 cm³/mol. The minimum Gasteiger partial charge on any atom is -0.496 e. The Morgan fingerprint density at radius 3 is 2.74 bits per heavy atom. The minimum atomic E-state index is -0.905. The van der Waals surface area contributed by atoms with Gasteiger partial charge in [0.2, 0.25) is 5.91 Å². The zero-order valence-electron chi connectivity index (χ0n) is 13.2. The van der Waals surface area contributed by atoms with Crippen molar-refractivity contribution in [3.8, 4) is 18.1 Å². The molecule has 0 aromatic heterocycles. The van der Waals surface area contributed by atoms with Crippen LogP contribution in [0.2, 0.25) is 0 Å². The highest BCUT2D eigenvalue weighted by Gasteiger charge is 2.11. The zero-order chi connectivity index (χ0) is 17.1. The monoisotopic (exact) mass is 315 g/mol. The van der Waals surface area contributed by atoms with Crippen molar-refractivity contribution in [1.82, 2.24) is 4.90 Å². The van der Waals surface area contributed by atoms with Gasteiger partial charge in [0, 0.05) is 24.9 Å². The molecule has 0 heterocycles. The Bertz CT molecular complexity index is 601. The second-order valence-electron chi connectivity index (χ2n) is 4.87. The van der Waals surface area contributed by atoms with Crippen LogP contribution >= 0.6 is 0 Å². The number of rotatable bonds is 9. The van der Waals surface area contributed by atoms with E-state index in [0.717, 1.165) is 11.3 Å². The van der Waals surface area contributed by atoms with E-state index >= 15 is 0 Å². The van der Waals surface area contributed by atoms with Crippen LogP contribution in [0.3, 0.4) is 0 Å². The number of hydrogen-bond donors (Lipinski definition) is 1. The number of para-hydroxylation sites is 1. The zero-order valence-corrected chi connectivity index (χ0v) is 13.2. The van der Waals surface area contributed by atoms with Crippen LogP contribution in [0.15, 0.2) is 30.3 Å². The van der Waals surface area contributed by atoms with Crippen LogP contribution in [0.5, 0.6) is 5.75 Å². The molecular formula is C18H21NO4. The first kappa shape index (κ1) is 18.3. The maximum Gasteiger partial charge on any atom is 0.303 e. The summed E-state index contributed by atoms with van der Waals surface area (Å²) in [6.45, 7) is 0.566. The van der Waals surface area contributed by atoms with Gasteiger partial charge in [-0.1, -0.05) is 36.3 Å². The lowest BCUT2D eigenvalue weighted by atomic mass is 10.2. The summed E-state index contributed by atoms with van der Waals surface area (Å²) in [5.74, 6) is 2.15. The first-order valence-corrected chi connectivity index (χ1v) is 7.31. The van der Waals surface area contributed by atoms with Crippen LogP contribution in [0.4, 0.5) is 0 Å². The molecular weight excluding hydrogens is 294 g/mol. The highest BCUT2D eigenvalue weighted by atomic mass is 16.5. The van der Waals surface area contributed by atoms with Crippen LogP contribution in [-0.2, 0) is 9.59 Å². The number of amides is 1. The number of nitrogens with zero attached hydrogens (tertiary/aromatic N) is 1. The average Bonchev–Trinajstić information content (AvgIpc) is 2.54. The van der Waals surface area contributed by atoms with E-state index < -0.39 is 5.97 Å². The third-order valence-electron chi connectivity index (χ3n) is 3.18. The van der Waals surface area contributed by atoms with Crippen molar-refractivity contribution < 1.29 is 19.4 Å². The quantitative estimate of drug-likeness (QED) is 0.711. The van der Waals surface area contributed by atoms with Crippen molar-refractivity contribution in [3.05, 3.63) is 35.9 Å². The van der Waals surface area contributed by atoms with Gasteiger partial charge in [0.25, 0.3) is 0 Å². The molecule has 1 rings (SSSR count). The second-order valence-corrected chi connectivity index (χ2v) is 4.87. The molecule has 0 saturated heterocycles. The van der Waals surface area contributed by atoms with Crippen LogP contribution in [0.25, 0.3) is 6.08 Å². The lowest BCUT2D eigenvalue weighted by Gasteiger charge is -2.18. The van der Waals surface area contributed by atoms with Crippen LogP contribution in [0.1, 0.15) is 24.8 Å². The number of terminal acetylenes is 1. The van der Waals surface area contributed by atoms with Gasteiger partial charge in [-0.05, 0) is 12.5 Å². The Hall–Kier alpha value is -2.74. The van der Waals surface area contributed by atoms with E-state index in [1.54, 1.807) is 7.11 Å². The summed E-state index contributed by atoms with van der Waals surface area (Å²) < 4.78 is 5.25. The molecule has 1 N–H and O–H groups in total. The van der Waals surface area contributed by atoms with Gasteiger partial charge in [0.05, 0.1) is 13.7 Å². The van der Waals surface area contributed by atoms with Gasteiger partial charge < -0.3 is 14.7 Å². The Morgan fingerprint density at radius 1 is 1.35 bits per heavy atom. The SMILES string of the molecule is C#CCN(CC=Cc1ccccc1OC)C(=O)CCCC(=O)O. The van der Waals surface area contributed by atoms with Crippen molar-refractivity contribution in [2.75, 3.05) is 20.2 Å². The number of carbonyl (C=O) groups is 2. The molecule has 1 amide bonds. The molecule has 0 aliphatic heterocycles. The number of aliphatic carboxylic acids is 1. The molecule has 1 aromatic rings. The van der Waals surface area contributed by atoms with E-state index in [9.17, 15) is 9.59 Å². The van der Waals surface area contributed by atoms with Crippen molar-refractivity contribution in [1.29, 1.82) is 0 Å². The summed E-state index contributed by atoms with van der Waals surface area (Å²) in [4.78, 5) is 24.1. The normalized spacial score (nSPS) is 10.3. The molecule has 0 spiro atoms. The van der Waals surface area contributed by atoms with Crippen LogP contribution < -0.4 is 4.74 Å². The fourth-order valence-corrected chi connectivity index (χ4v) is 2.02. The fraction of sp³-hybridized carbons (Fsp3) is 0.333. The summed E-state index contributed by atoms with van der Waals surface area (Å²) in [5.41, 5.74) is 0.911. The molecule has 1 aromatic carbocycles. The van der Waals surface area contributed by atoms with Gasteiger partial charge in [-0.15, -0.1) is 6.42 Å². The number of hydrogen-bond acceptors (Lipinski definition) is 3. The van der Waals surface area contributed by atoms with Crippen LogP contribution in [-0.4, -0.2) is 42.1 Å². The van der Waals surface area contributed by atoms with Crippen LogP contribution in [0, 0.1) is 12.3 Å². The summed E-state index contributed by atoms with van der Waals surface area (Å²) in [5, 5.41) is 8.60. The topological polar surface area (TPSA) is 66.8 Å². The number of carbonyl (C=O) groups excluding carboxylic acids is 1. The summed E-state index contributed by atoms with van der Waals surface area (Å²) in [7, 11) is 1.60. The van der Waals surface area contributed by atoms with E-state index in [0.29, 0.717) is 13.0 Å². The van der Waals surface area contributed by atoms with E-state index in [-0.39, 0.29) is 25.3 Å². The van der Waals surface area contributed by atoms with E-state index in [2.05, 4.69) is 5.92 Å². The maximum atomic E-state index is 12.1. The smallest absolute Gasteiger partial charge is 0.303 e. The lowest BCUT2D eigenvalue weighted by Crippen LogP contribution is -2.31. The molecule has 0 unspecified atom stereocenters. The highest BCUT2D eigenvalue weighted by Crippen LogP contribution is 2.18. The summed E-state index contributed by atoms with van der Waals surface area (Å²) in [6.07, 6.45) is 9.46. The Labute approximate surface area is 136 Å². The second kappa shape index (κ2) is 10.1. The molecule has 0 bridgehead atoms. The molecule has 0 saturated carbocycles. The van der Waals surface area contributed by atoms with Crippen molar-refractivity contribution in [2.45, 2.75) is 19.3 Å². The largest absolute Gasteiger partial charge is 0.496 e. The molecule has 0 atom stereocenters. The predicted octanol–water partition coefficient (Wildman–Crippen LogP) is 2.43. The minimum absolute atomic E-state index is 0.0211. The van der Waals surface area contributed by atoms with E-state index in [1.807, 2.05) is 36.4 Å². The van der Waals surface area contributed by atoms with E-state index in [4.69, 9.17) is 16.3 Å². The molecule has 23 heavy (non-hydrogen) atoms. The molecule has 5 heteroatoms. The summed E-state index contributed by atoms with van der Waals surface area (Å²) in [6, 6.07) is 7.55. The third-order valence-corrected chi connectivity index (χ3v) is 3.18. The number of carboxylic acids is 1. The molecule has 5 nitrogen and oxygen atoms in total. The standard InChI is InChI=1S/C18H21NO4/c1-3-13-19(17(20)11-6-12-18(21)22)14-7-9-15-8-4-5-10-16(15)23-2/h1,4-5,7-10H,6,11-14H2,2H3,(H,21,22). The number of ether oxygens (including phenoxy) is 1. The number of carboxylic acid groups (broad SMARTS) is 1. The van der Waals surface area contributed by atoms with Gasteiger partial charge in [-0.2, -0.15) is 0 Å². The van der Waals surface area contributed by atoms with Gasteiger partial charge in [-0.25, -0.2) is 0 Å². The highest BCUT2D eigenvalue weighted by molar-refractivity contribution is 5.77. The molecule has 122 valence electrons. The molecule has 0 aliphatic rings. The van der Waals surface area contributed by atoms with Gasteiger partial charge in [-0.3, -0.25) is 9.59 Å². The van der Waals surface area contributed by atoms with E-state index in [1.165, 1.54) is 4.90 Å².